The third-order valence-electron chi connectivity index (χ3n) is 2.46. The topological polar surface area (TPSA) is 76.4 Å². The van der Waals surface area contributed by atoms with Crippen LogP contribution in [0.2, 0.25) is 0 Å². The average molecular weight is 303 g/mol. The Morgan fingerprint density at radius 2 is 2.26 bits per heavy atom. The Hall–Kier alpha value is -0.920. The molecule has 0 radical (unpaired) electrons. The SMILES string of the molecule is CCNC(=O)c1sc(NCCCOC)c(SC)c1N. The molecule has 0 fully saturated rings. The number of thioether (sulfide) groups is 1. The number of amides is 1. The Bertz CT molecular complexity index is 421. The fourth-order valence-corrected chi connectivity index (χ4v) is 3.55. The first-order valence-electron chi connectivity index (χ1n) is 6.12. The average Bonchev–Trinajstić information content (AvgIpc) is 2.71. The molecule has 0 unspecified atom stereocenters. The number of thiophene rings is 1. The molecule has 1 heterocycles. The normalized spacial score (nSPS) is 10.5. The molecule has 4 N–H and O–H groups in total. The molecule has 1 rings (SSSR count). The van der Waals surface area contributed by atoms with Crippen molar-refractivity contribution in [3.05, 3.63) is 4.88 Å². The number of hydrogen-bond acceptors (Lipinski definition) is 6. The third kappa shape index (κ3) is 4.29. The lowest BCUT2D eigenvalue weighted by Gasteiger charge is -2.05. The van der Waals surface area contributed by atoms with Crippen LogP contribution >= 0.6 is 23.1 Å². The van der Waals surface area contributed by atoms with E-state index in [1.165, 1.54) is 11.3 Å². The Morgan fingerprint density at radius 3 is 2.84 bits per heavy atom. The third-order valence-corrected chi connectivity index (χ3v) is 4.58. The number of carbonyl (C=O) groups excluding carboxylic acids is 1. The summed E-state index contributed by atoms with van der Waals surface area (Å²) < 4.78 is 5.00. The van der Waals surface area contributed by atoms with E-state index in [1.807, 2.05) is 13.2 Å². The Kier molecular flexibility index (Phi) is 7.04. The van der Waals surface area contributed by atoms with Gasteiger partial charge >= 0.3 is 0 Å². The van der Waals surface area contributed by atoms with Gasteiger partial charge in [0.25, 0.3) is 5.91 Å². The highest BCUT2D eigenvalue weighted by Crippen LogP contribution is 2.41. The second-order valence-electron chi connectivity index (χ2n) is 3.84. The molecule has 0 aliphatic heterocycles. The van der Waals surface area contributed by atoms with Crippen LogP contribution < -0.4 is 16.4 Å². The van der Waals surface area contributed by atoms with Crippen LogP contribution in [0.5, 0.6) is 0 Å². The molecular formula is C12H21N3O2S2. The van der Waals surface area contributed by atoms with E-state index in [2.05, 4.69) is 10.6 Å². The molecule has 0 saturated heterocycles. The quantitative estimate of drug-likeness (QED) is 0.507. The summed E-state index contributed by atoms with van der Waals surface area (Å²) in [5.41, 5.74) is 6.61. The summed E-state index contributed by atoms with van der Waals surface area (Å²) in [5.74, 6) is -0.106. The van der Waals surface area contributed by atoms with Crippen molar-refractivity contribution in [2.24, 2.45) is 0 Å². The van der Waals surface area contributed by atoms with Crippen LogP contribution in [0.1, 0.15) is 23.0 Å². The van der Waals surface area contributed by atoms with Crippen molar-refractivity contribution in [1.29, 1.82) is 0 Å². The van der Waals surface area contributed by atoms with Crippen molar-refractivity contribution in [1.82, 2.24) is 5.32 Å². The number of nitrogens with one attached hydrogen (secondary N) is 2. The van der Waals surface area contributed by atoms with Crippen LogP contribution in [-0.4, -0.2) is 39.0 Å². The highest BCUT2D eigenvalue weighted by Gasteiger charge is 2.19. The molecule has 19 heavy (non-hydrogen) atoms. The number of anilines is 2. The van der Waals surface area contributed by atoms with Crippen molar-refractivity contribution in [2.75, 3.05) is 44.1 Å². The molecule has 1 aromatic rings. The van der Waals surface area contributed by atoms with Gasteiger partial charge in [0.05, 0.1) is 10.6 Å². The fraction of sp³-hybridized carbons (Fsp3) is 0.583. The number of nitrogen functional groups attached to an aromatic ring is 1. The number of carbonyl (C=O) groups is 1. The second kappa shape index (κ2) is 8.29. The summed E-state index contributed by atoms with van der Waals surface area (Å²) in [4.78, 5) is 13.4. The monoisotopic (exact) mass is 303 g/mol. The molecule has 0 spiro atoms. The van der Waals surface area contributed by atoms with Crippen molar-refractivity contribution < 1.29 is 9.53 Å². The van der Waals surface area contributed by atoms with Gasteiger partial charge in [0, 0.05) is 26.8 Å². The molecule has 0 aliphatic carbocycles. The maximum absolute atomic E-state index is 11.9. The predicted octanol–water partition coefficient (Wildman–Crippen LogP) is 2.25. The molecule has 0 saturated carbocycles. The maximum atomic E-state index is 11.9. The number of hydrogen-bond donors (Lipinski definition) is 3. The molecule has 0 aliphatic rings. The minimum absolute atomic E-state index is 0.106. The first-order valence-corrected chi connectivity index (χ1v) is 8.17. The molecule has 1 aromatic heterocycles. The summed E-state index contributed by atoms with van der Waals surface area (Å²) in [6.45, 7) is 4.00. The number of rotatable bonds is 8. The van der Waals surface area contributed by atoms with Gasteiger partial charge in [-0.2, -0.15) is 0 Å². The molecule has 0 atom stereocenters. The van der Waals surface area contributed by atoms with E-state index in [9.17, 15) is 4.79 Å². The van der Waals surface area contributed by atoms with Gasteiger partial charge in [-0.1, -0.05) is 0 Å². The van der Waals surface area contributed by atoms with Crippen LogP contribution in [0.3, 0.4) is 0 Å². The van der Waals surface area contributed by atoms with E-state index in [4.69, 9.17) is 10.5 Å². The smallest absolute Gasteiger partial charge is 0.263 e. The minimum atomic E-state index is -0.106. The molecule has 7 heteroatoms. The summed E-state index contributed by atoms with van der Waals surface area (Å²) in [7, 11) is 1.68. The zero-order valence-electron chi connectivity index (χ0n) is 11.5. The van der Waals surface area contributed by atoms with Gasteiger partial charge in [0.2, 0.25) is 0 Å². The first-order chi connectivity index (χ1) is 9.15. The number of methoxy groups -OCH3 is 1. The molecule has 0 aromatic carbocycles. The molecule has 5 nitrogen and oxygen atoms in total. The molecule has 0 bridgehead atoms. The Morgan fingerprint density at radius 1 is 1.53 bits per heavy atom. The van der Waals surface area contributed by atoms with Gasteiger partial charge in [-0.3, -0.25) is 4.79 Å². The lowest BCUT2D eigenvalue weighted by molar-refractivity contribution is 0.0960. The highest BCUT2D eigenvalue weighted by molar-refractivity contribution is 7.99. The van der Waals surface area contributed by atoms with E-state index in [0.717, 1.165) is 22.9 Å². The zero-order chi connectivity index (χ0) is 14.3. The van der Waals surface area contributed by atoms with Gasteiger partial charge in [-0.05, 0) is 19.6 Å². The zero-order valence-corrected chi connectivity index (χ0v) is 13.2. The lowest BCUT2D eigenvalue weighted by atomic mass is 10.3. The van der Waals surface area contributed by atoms with Crippen LogP contribution in [-0.2, 0) is 4.74 Å². The van der Waals surface area contributed by atoms with Gasteiger partial charge in [0.1, 0.15) is 9.88 Å². The van der Waals surface area contributed by atoms with Crippen molar-refractivity contribution >= 4 is 39.7 Å². The van der Waals surface area contributed by atoms with Gasteiger partial charge < -0.3 is 21.1 Å². The van der Waals surface area contributed by atoms with E-state index in [0.29, 0.717) is 23.7 Å². The number of nitrogens with two attached hydrogens (primary N) is 1. The van der Waals surface area contributed by atoms with Crippen LogP contribution in [0.25, 0.3) is 0 Å². The van der Waals surface area contributed by atoms with E-state index >= 15 is 0 Å². The van der Waals surface area contributed by atoms with E-state index < -0.39 is 0 Å². The lowest BCUT2D eigenvalue weighted by Crippen LogP contribution is -2.22. The minimum Gasteiger partial charge on any atom is -0.396 e. The van der Waals surface area contributed by atoms with Gasteiger partial charge in [0.15, 0.2) is 0 Å². The van der Waals surface area contributed by atoms with Crippen molar-refractivity contribution in [3.8, 4) is 0 Å². The van der Waals surface area contributed by atoms with Crippen molar-refractivity contribution in [3.63, 3.8) is 0 Å². The van der Waals surface area contributed by atoms with Gasteiger partial charge in [-0.25, -0.2) is 0 Å². The van der Waals surface area contributed by atoms with Gasteiger partial charge in [-0.15, -0.1) is 23.1 Å². The van der Waals surface area contributed by atoms with Crippen LogP contribution in [0.4, 0.5) is 10.7 Å². The van der Waals surface area contributed by atoms with Crippen molar-refractivity contribution in [2.45, 2.75) is 18.2 Å². The fourth-order valence-electron chi connectivity index (χ4n) is 1.58. The molecule has 108 valence electrons. The predicted molar refractivity (Wildman–Crippen MR) is 83.5 cm³/mol. The van der Waals surface area contributed by atoms with Crippen LogP contribution in [0, 0.1) is 0 Å². The highest BCUT2D eigenvalue weighted by atomic mass is 32.2. The molecular weight excluding hydrogens is 282 g/mol. The summed E-state index contributed by atoms with van der Waals surface area (Å²) in [6.07, 6.45) is 2.87. The Balaban J connectivity index is 2.80. The molecule has 1 amide bonds. The summed E-state index contributed by atoms with van der Waals surface area (Å²) >= 11 is 2.96. The van der Waals surface area contributed by atoms with E-state index in [-0.39, 0.29) is 5.91 Å². The number of ether oxygens (including phenoxy) is 1. The largest absolute Gasteiger partial charge is 0.396 e. The standard InChI is InChI=1S/C12H21N3O2S2/c1-4-14-11(16)9-8(13)10(18-3)12(19-9)15-6-5-7-17-2/h15H,4-7,13H2,1-3H3,(H,14,16). The maximum Gasteiger partial charge on any atom is 0.263 e. The van der Waals surface area contributed by atoms with E-state index in [1.54, 1.807) is 18.9 Å². The van der Waals surface area contributed by atoms with Crippen LogP contribution in [0.15, 0.2) is 4.90 Å². The summed E-state index contributed by atoms with van der Waals surface area (Å²) in [5, 5.41) is 7.05. The first kappa shape index (κ1) is 16.1. The summed E-state index contributed by atoms with van der Waals surface area (Å²) in [6, 6.07) is 0. The Labute approximate surface area is 122 Å². The second-order valence-corrected chi connectivity index (χ2v) is 5.68.